The molecule has 48 heavy (non-hydrogen) atoms. The molecule has 1 unspecified atom stereocenters. The van der Waals surface area contributed by atoms with Gasteiger partial charge >= 0.3 is 5.97 Å². The maximum atomic E-state index is 13.2. The van der Waals surface area contributed by atoms with Crippen LogP contribution in [0.3, 0.4) is 0 Å². The molecule has 6 nitrogen and oxygen atoms in total. The zero-order valence-electron chi connectivity index (χ0n) is 30.7. The van der Waals surface area contributed by atoms with Crippen molar-refractivity contribution in [3.05, 3.63) is 64.2 Å². The quantitative estimate of drug-likeness (QED) is 0.136. The van der Waals surface area contributed by atoms with E-state index in [2.05, 4.69) is 65.8 Å². The second kappa shape index (κ2) is 16.2. The number of phenols is 2. The molecule has 1 fully saturated rings. The topological polar surface area (TPSA) is 91.5 Å². The van der Waals surface area contributed by atoms with Crippen molar-refractivity contribution < 1.29 is 36.5 Å². The first kappa shape index (κ1) is 39.5. The Morgan fingerprint density at radius 2 is 1.21 bits per heavy atom. The molecule has 0 aromatic heterocycles. The van der Waals surface area contributed by atoms with E-state index in [-0.39, 0.29) is 68.5 Å². The van der Waals surface area contributed by atoms with Crippen molar-refractivity contribution in [1.29, 1.82) is 0 Å². The number of ether oxygens (including phenoxy) is 1. The van der Waals surface area contributed by atoms with E-state index in [0.717, 1.165) is 74.5 Å². The number of hydrogen-bond donors (Lipinski definition) is 2. The molecule has 2 aromatic carbocycles. The van der Waals surface area contributed by atoms with Crippen molar-refractivity contribution in [3.8, 4) is 17.2 Å². The molecule has 1 saturated carbocycles. The molecule has 0 spiro atoms. The van der Waals surface area contributed by atoms with Crippen molar-refractivity contribution in [1.82, 2.24) is 0 Å². The van der Waals surface area contributed by atoms with Gasteiger partial charge in [0.05, 0.1) is 18.0 Å². The van der Waals surface area contributed by atoms with Crippen molar-refractivity contribution >= 4 is 18.4 Å². The maximum Gasteiger partial charge on any atom is 0.314 e. The van der Waals surface area contributed by atoms with E-state index < -0.39 is 0 Å². The van der Waals surface area contributed by atoms with Crippen LogP contribution in [-0.2, 0) is 37.8 Å². The number of esters is 1. The molecule has 0 heterocycles. The van der Waals surface area contributed by atoms with Gasteiger partial charge in [0.15, 0.2) is 0 Å². The first-order valence-electron chi connectivity index (χ1n) is 17.6. The van der Waals surface area contributed by atoms with Crippen LogP contribution < -0.4 is 4.74 Å². The van der Waals surface area contributed by atoms with Gasteiger partial charge in [-0.25, -0.2) is 0 Å². The van der Waals surface area contributed by atoms with E-state index >= 15 is 0 Å². The Bertz CT molecular complexity index is 1500. The standard InChI is InChI=1S/C41H58N2O4.Co/c1-39(2,3)30-21-28(36(44)32(23-30)40(4,5)6)25-42-34-19-15-16-20-35(34)43-26-29-22-31(24-33(37(29)45)41(7,8)9)47-38(46)27-17-13-11-10-12-14-18-27;/h10-11,21-27,34-35,44-45H,12-20H2,1-9H3;/b11-10-,42-25?,43-26?;/t27?,34-,35-;/m1./s1. The number of rotatable bonds is 6. The third kappa shape index (κ3) is 10.3. The molecule has 265 valence electrons. The third-order valence-electron chi connectivity index (χ3n) is 9.56. The van der Waals surface area contributed by atoms with Crippen LogP contribution >= 0.6 is 0 Å². The van der Waals surface area contributed by atoms with Crippen LogP contribution in [0.2, 0.25) is 0 Å². The smallest absolute Gasteiger partial charge is 0.314 e. The van der Waals surface area contributed by atoms with Crippen LogP contribution in [0.15, 0.2) is 46.4 Å². The Morgan fingerprint density at radius 1 is 0.688 bits per heavy atom. The summed E-state index contributed by atoms with van der Waals surface area (Å²) >= 11 is 0. The fourth-order valence-electron chi connectivity index (χ4n) is 6.50. The van der Waals surface area contributed by atoms with Crippen molar-refractivity contribution in [3.63, 3.8) is 0 Å². The Balaban J connectivity index is 0.00000625. The number of nitrogens with zero attached hydrogens (tertiary/aromatic N) is 2. The average Bonchev–Trinajstić information content (AvgIpc) is 2.95. The van der Waals surface area contributed by atoms with E-state index in [9.17, 15) is 15.0 Å². The summed E-state index contributed by atoms with van der Waals surface area (Å²) in [5.74, 6) is 0.550. The van der Waals surface area contributed by atoms with Gasteiger partial charge in [-0.3, -0.25) is 14.8 Å². The third-order valence-corrected chi connectivity index (χ3v) is 9.56. The van der Waals surface area contributed by atoms with E-state index in [1.807, 2.05) is 27.0 Å². The zero-order valence-corrected chi connectivity index (χ0v) is 31.7. The number of phenolic OH excluding ortho intramolecular Hbond substituents is 2. The van der Waals surface area contributed by atoms with Crippen LogP contribution in [-0.4, -0.2) is 40.7 Å². The van der Waals surface area contributed by atoms with Gasteiger partial charge in [-0.15, -0.1) is 0 Å². The van der Waals surface area contributed by atoms with Crippen molar-refractivity contribution in [2.45, 2.75) is 148 Å². The van der Waals surface area contributed by atoms with Crippen molar-refractivity contribution in [2.24, 2.45) is 15.9 Å². The molecule has 0 bridgehead atoms. The zero-order chi connectivity index (χ0) is 34.6. The van der Waals surface area contributed by atoms with Gasteiger partial charge in [0.25, 0.3) is 0 Å². The molecule has 1 radical (unpaired) electrons. The number of aliphatic imine (C=N–C) groups is 2. The fourth-order valence-corrected chi connectivity index (χ4v) is 6.50. The first-order chi connectivity index (χ1) is 21.9. The Kier molecular flexibility index (Phi) is 13.3. The van der Waals surface area contributed by atoms with E-state index in [4.69, 9.17) is 14.7 Å². The number of hydrogen-bond acceptors (Lipinski definition) is 6. The normalized spacial score (nSPS) is 21.8. The average molecular weight is 702 g/mol. The molecule has 2 N–H and O–H groups in total. The first-order valence-corrected chi connectivity index (χ1v) is 17.6. The van der Waals surface area contributed by atoms with E-state index in [1.54, 1.807) is 18.3 Å². The number of aromatic hydroxyl groups is 2. The summed E-state index contributed by atoms with van der Waals surface area (Å²) in [6.45, 7) is 19.0. The molecule has 7 heteroatoms. The molecule has 0 amide bonds. The fraction of sp³-hybridized carbons (Fsp3) is 0.585. The van der Waals surface area contributed by atoms with Gasteiger partial charge in [0.1, 0.15) is 17.2 Å². The van der Waals surface area contributed by atoms with Gasteiger partial charge in [-0.2, -0.15) is 0 Å². The van der Waals surface area contributed by atoms with E-state index in [1.165, 1.54) is 0 Å². The largest absolute Gasteiger partial charge is 0.507 e. The molecule has 2 aliphatic carbocycles. The van der Waals surface area contributed by atoms with Crippen LogP contribution in [0.4, 0.5) is 0 Å². The number of allylic oxidation sites excluding steroid dienone is 2. The van der Waals surface area contributed by atoms with Gasteiger partial charge in [-0.1, -0.05) is 93.4 Å². The molecule has 2 aromatic rings. The number of carbonyl (C=O) groups is 1. The Labute approximate surface area is 299 Å². The van der Waals surface area contributed by atoms with Crippen LogP contribution in [0.1, 0.15) is 148 Å². The Hall–Kier alpha value is -2.90. The molecule has 3 atom stereocenters. The summed E-state index contributed by atoms with van der Waals surface area (Å²) in [7, 11) is 0. The Morgan fingerprint density at radius 3 is 1.75 bits per heavy atom. The summed E-state index contributed by atoms with van der Waals surface area (Å²) in [6.07, 6.45) is 16.3. The van der Waals surface area contributed by atoms with Gasteiger partial charge < -0.3 is 14.9 Å². The van der Waals surface area contributed by atoms with Crippen LogP contribution in [0, 0.1) is 5.92 Å². The van der Waals surface area contributed by atoms with Crippen LogP contribution in [0.25, 0.3) is 0 Å². The summed E-state index contributed by atoms with van der Waals surface area (Å²) in [4.78, 5) is 23.2. The molecule has 2 aliphatic rings. The predicted octanol–water partition coefficient (Wildman–Crippen LogP) is 9.88. The molecular formula is C41H58CoN2O4. The van der Waals surface area contributed by atoms with E-state index in [0.29, 0.717) is 16.9 Å². The summed E-state index contributed by atoms with van der Waals surface area (Å²) in [5.41, 5.74) is 3.42. The van der Waals surface area contributed by atoms with Gasteiger partial charge in [-0.05, 0) is 85.0 Å². The minimum Gasteiger partial charge on any atom is -0.507 e. The number of benzene rings is 2. The minimum atomic E-state index is -0.368. The maximum absolute atomic E-state index is 13.2. The minimum absolute atomic E-state index is 0. The summed E-state index contributed by atoms with van der Waals surface area (Å²) < 4.78 is 5.98. The molecule has 4 rings (SSSR count). The van der Waals surface area contributed by atoms with Crippen LogP contribution in [0.5, 0.6) is 17.2 Å². The predicted molar refractivity (Wildman–Crippen MR) is 195 cm³/mol. The molecule has 0 saturated heterocycles. The second-order valence-corrected chi connectivity index (χ2v) is 16.7. The monoisotopic (exact) mass is 701 g/mol. The molecular weight excluding hydrogens is 643 g/mol. The summed E-state index contributed by atoms with van der Waals surface area (Å²) in [5, 5.41) is 22.7. The second-order valence-electron chi connectivity index (χ2n) is 16.7. The van der Waals surface area contributed by atoms with Crippen molar-refractivity contribution in [2.75, 3.05) is 0 Å². The SMILES string of the molecule is CC(C)(C)c1cc(C=N[C@@H]2CCCC[C@H]2N=Cc2cc(OC(=O)C3CC/C=C\CCC3)cc(C(C)(C)C)c2O)c(O)c(C(C)(C)C)c1.[Co]. The van der Waals surface area contributed by atoms with Gasteiger partial charge in [0.2, 0.25) is 0 Å². The molecule has 0 aliphatic heterocycles. The number of carbonyl (C=O) groups excluding carboxylic acids is 1. The van der Waals surface area contributed by atoms with Gasteiger partial charge in [0, 0.05) is 51.5 Å². The summed E-state index contributed by atoms with van der Waals surface area (Å²) in [6, 6.07) is 7.60.